The molecule has 2 aromatic rings. The van der Waals surface area contributed by atoms with Crippen molar-refractivity contribution < 1.29 is 4.79 Å². The van der Waals surface area contributed by atoms with Gasteiger partial charge in [-0.3, -0.25) is 4.79 Å². The number of amides is 1. The number of hydrogen-bond acceptors (Lipinski definition) is 5. The van der Waals surface area contributed by atoms with Gasteiger partial charge in [-0.05, 0) is 29.8 Å². The number of nitrogens with one attached hydrogen (secondary N) is 1. The SMILES string of the molecule is CN(C)c1ccc(/C=N\NC(=O)CSc2ccccn2)cc1. The lowest BCUT2D eigenvalue weighted by Gasteiger charge is -2.11. The summed E-state index contributed by atoms with van der Waals surface area (Å²) in [4.78, 5) is 17.8. The number of carbonyl (C=O) groups excluding carboxylic acids is 1. The molecule has 2 rings (SSSR count). The number of pyridine rings is 1. The lowest BCUT2D eigenvalue weighted by Crippen LogP contribution is -2.19. The van der Waals surface area contributed by atoms with Crippen LogP contribution in [0.1, 0.15) is 5.56 Å². The van der Waals surface area contributed by atoms with Crippen LogP contribution in [0.3, 0.4) is 0 Å². The van der Waals surface area contributed by atoms with Crippen LogP contribution in [0, 0.1) is 0 Å². The second kappa shape index (κ2) is 8.19. The molecule has 22 heavy (non-hydrogen) atoms. The zero-order chi connectivity index (χ0) is 15.8. The first-order valence-corrected chi connectivity index (χ1v) is 7.77. The van der Waals surface area contributed by atoms with Gasteiger partial charge in [-0.15, -0.1) is 0 Å². The average Bonchev–Trinajstić information content (AvgIpc) is 2.54. The third-order valence-electron chi connectivity index (χ3n) is 2.80. The number of hydrazone groups is 1. The fourth-order valence-corrected chi connectivity index (χ4v) is 2.30. The van der Waals surface area contributed by atoms with Crippen molar-refractivity contribution in [3.63, 3.8) is 0 Å². The summed E-state index contributed by atoms with van der Waals surface area (Å²) in [6, 6.07) is 13.5. The molecule has 0 fully saturated rings. The van der Waals surface area contributed by atoms with Gasteiger partial charge >= 0.3 is 0 Å². The Morgan fingerprint density at radius 3 is 2.68 bits per heavy atom. The fourth-order valence-electron chi connectivity index (χ4n) is 1.64. The molecule has 114 valence electrons. The summed E-state index contributed by atoms with van der Waals surface area (Å²) >= 11 is 1.38. The van der Waals surface area contributed by atoms with Crippen LogP contribution < -0.4 is 10.3 Å². The maximum Gasteiger partial charge on any atom is 0.250 e. The van der Waals surface area contributed by atoms with Crippen LogP contribution in [-0.2, 0) is 4.79 Å². The second-order valence-corrected chi connectivity index (χ2v) is 5.73. The van der Waals surface area contributed by atoms with Crippen molar-refractivity contribution in [1.82, 2.24) is 10.4 Å². The number of thioether (sulfide) groups is 1. The smallest absolute Gasteiger partial charge is 0.250 e. The van der Waals surface area contributed by atoms with Gasteiger partial charge in [0.2, 0.25) is 5.91 Å². The zero-order valence-corrected chi connectivity index (χ0v) is 13.4. The molecular formula is C16H18N4OS. The van der Waals surface area contributed by atoms with E-state index in [-0.39, 0.29) is 11.7 Å². The van der Waals surface area contributed by atoms with Crippen molar-refractivity contribution in [2.75, 3.05) is 24.7 Å². The molecule has 0 atom stereocenters. The summed E-state index contributed by atoms with van der Waals surface area (Å²) in [5, 5.41) is 4.78. The number of aromatic nitrogens is 1. The van der Waals surface area contributed by atoms with Crippen LogP contribution in [0.25, 0.3) is 0 Å². The van der Waals surface area contributed by atoms with Crippen molar-refractivity contribution in [3.8, 4) is 0 Å². The summed E-state index contributed by atoms with van der Waals surface area (Å²) in [7, 11) is 3.98. The molecule has 0 bridgehead atoms. The van der Waals surface area contributed by atoms with Gasteiger partial charge in [0.05, 0.1) is 17.0 Å². The van der Waals surface area contributed by atoms with Crippen LogP contribution in [0.2, 0.25) is 0 Å². The van der Waals surface area contributed by atoms with Gasteiger partial charge in [-0.2, -0.15) is 5.10 Å². The minimum Gasteiger partial charge on any atom is -0.378 e. The number of anilines is 1. The summed E-state index contributed by atoms with van der Waals surface area (Å²) in [5.41, 5.74) is 4.56. The highest BCUT2D eigenvalue weighted by molar-refractivity contribution is 7.99. The highest BCUT2D eigenvalue weighted by Crippen LogP contribution is 2.13. The zero-order valence-electron chi connectivity index (χ0n) is 12.6. The first kappa shape index (κ1) is 16.0. The number of rotatable bonds is 6. The molecule has 0 aliphatic carbocycles. The Balaban J connectivity index is 1.78. The maximum atomic E-state index is 11.7. The molecule has 1 amide bonds. The number of nitrogens with zero attached hydrogens (tertiary/aromatic N) is 3. The topological polar surface area (TPSA) is 57.6 Å². The maximum absolute atomic E-state index is 11.7. The van der Waals surface area contributed by atoms with Crippen molar-refractivity contribution in [2.45, 2.75) is 5.03 Å². The van der Waals surface area contributed by atoms with Crippen molar-refractivity contribution in [3.05, 3.63) is 54.2 Å². The number of carbonyl (C=O) groups is 1. The predicted octanol–water partition coefficient (Wildman–Crippen LogP) is 2.39. The largest absolute Gasteiger partial charge is 0.378 e. The van der Waals surface area contributed by atoms with Gasteiger partial charge in [0.25, 0.3) is 0 Å². The third kappa shape index (κ3) is 5.21. The predicted molar refractivity (Wildman–Crippen MR) is 91.5 cm³/mol. The highest BCUT2D eigenvalue weighted by atomic mass is 32.2. The van der Waals surface area contributed by atoms with E-state index < -0.39 is 0 Å². The Morgan fingerprint density at radius 1 is 1.27 bits per heavy atom. The molecule has 1 aromatic carbocycles. The van der Waals surface area contributed by atoms with Crippen LogP contribution in [0.4, 0.5) is 5.69 Å². The van der Waals surface area contributed by atoms with Crippen molar-refractivity contribution in [1.29, 1.82) is 0 Å². The van der Waals surface area contributed by atoms with Gasteiger partial charge in [-0.25, -0.2) is 10.4 Å². The normalized spacial score (nSPS) is 10.6. The first-order valence-electron chi connectivity index (χ1n) is 6.78. The standard InChI is InChI=1S/C16H18N4OS/c1-20(2)14-8-6-13(7-9-14)11-18-19-15(21)12-22-16-5-3-4-10-17-16/h3-11H,12H2,1-2H3,(H,19,21)/b18-11-. The summed E-state index contributed by atoms with van der Waals surface area (Å²) in [6.07, 6.45) is 3.33. The van der Waals surface area contributed by atoms with Gasteiger partial charge in [0.15, 0.2) is 0 Å². The molecule has 0 aliphatic rings. The molecule has 1 N–H and O–H groups in total. The Morgan fingerprint density at radius 2 is 2.05 bits per heavy atom. The van der Waals surface area contributed by atoms with Gasteiger partial charge in [-0.1, -0.05) is 30.0 Å². The van der Waals surface area contributed by atoms with E-state index >= 15 is 0 Å². The molecule has 0 aliphatic heterocycles. The molecule has 0 saturated heterocycles. The summed E-state index contributed by atoms with van der Waals surface area (Å²) in [6.45, 7) is 0. The van der Waals surface area contributed by atoms with Crippen LogP contribution in [-0.4, -0.2) is 37.0 Å². The molecule has 5 nitrogen and oxygen atoms in total. The van der Waals surface area contributed by atoms with Gasteiger partial charge < -0.3 is 4.90 Å². The third-order valence-corrected chi connectivity index (χ3v) is 3.75. The van der Waals surface area contributed by atoms with E-state index in [9.17, 15) is 4.79 Å². The molecule has 0 unspecified atom stereocenters. The molecule has 1 aromatic heterocycles. The Hall–Kier alpha value is -2.34. The Bertz CT molecular complexity index is 626. The first-order chi connectivity index (χ1) is 10.6. The van der Waals surface area contributed by atoms with E-state index in [0.717, 1.165) is 16.3 Å². The Labute approximate surface area is 134 Å². The van der Waals surface area contributed by atoms with Gasteiger partial charge in [0, 0.05) is 26.0 Å². The van der Waals surface area contributed by atoms with E-state index in [1.54, 1.807) is 12.4 Å². The minimum absolute atomic E-state index is 0.156. The number of hydrogen-bond donors (Lipinski definition) is 1. The molecule has 0 saturated carbocycles. The summed E-state index contributed by atoms with van der Waals surface area (Å²) < 4.78 is 0. The quantitative estimate of drug-likeness (QED) is 0.505. The van der Waals surface area contributed by atoms with Crippen LogP contribution in [0.15, 0.2) is 58.8 Å². The number of benzene rings is 1. The highest BCUT2D eigenvalue weighted by Gasteiger charge is 2.01. The minimum atomic E-state index is -0.156. The average molecular weight is 314 g/mol. The molecule has 1 heterocycles. The van der Waals surface area contributed by atoms with E-state index in [2.05, 4.69) is 15.5 Å². The molecular weight excluding hydrogens is 296 g/mol. The monoisotopic (exact) mass is 314 g/mol. The van der Waals surface area contributed by atoms with Crippen molar-refractivity contribution >= 4 is 29.6 Å². The lowest BCUT2D eigenvalue weighted by molar-refractivity contribution is -0.118. The Kier molecular flexibility index (Phi) is 5.97. The van der Waals surface area contributed by atoms with E-state index in [1.165, 1.54) is 11.8 Å². The van der Waals surface area contributed by atoms with Crippen LogP contribution >= 0.6 is 11.8 Å². The fraction of sp³-hybridized carbons (Fsp3) is 0.188. The van der Waals surface area contributed by atoms with E-state index in [4.69, 9.17) is 0 Å². The van der Waals surface area contributed by atoms with E-state index in [0.29, 0.717) is 0 Å². The van der Waals surface area contributed by atoms with Gasteiger partial charge in [0.1, 0.15) is 0 Å². The van der Waals surface area contributed by atoms with Crippen molar-refractivity contribution in [2.24, 2.45) is 5.10 Å². The summed E-state index contributed by atoms with van der Waals surface area (Å²) in [5.74, 6) is 0.130. The lowest BCUT2D eigenvalue weighted by atomic mass is 10.2. The molecule has 0 radical (unpaired) electrons. The van der Waals surface area contributed by atoms with E-state index in [1.807, 2.05) is 61.5 Å². The second-order valence-electron chi connectivity index (χ2n) is 4.74. The molecule has 0 spiro atoms. The molecule has 6 heteroatoms. The van der Waals surface area contributed by atoms with Crippen LogP contribution in [0.5, 0.6) is 0 Å².